The van der Waals surface area contributed by atoms with E-state index in [4.69, 9.17) is 15.2 Å². The highest BCUT2D eigenvalue weighted by atomic mass is 19.4. The molecule has 0 saturated heterocycles. The van der Waals surface area contributed by atoms with Crippen LogP contribution in [-0.2, 0) is 15.7 Å². The van der Waals surface area contributed by atoms with Crippen LogP contribution in [0.15, 0.2) is 101 Å². The van der Waals surface area contributed by atoms with Crippen LogP contribution in [0.4, 0.5) is 13.2 Å². The summed E-state index contributed by atoms with van der Waals surface area (Å²) in [5.74, 6) is -1.25. The van der Waals surface area contributed by atoms with Crippen molar-refractivity contribution in [2.24, 2.45) is 15.8 Å². The van der Waals surface area contributed by atoms with Crippen molar-refractivity contribution in [2.45, 2.75) is 19.0 Å². The average Bonchev–Trinajstić information content (AvgIpc) is 3.42. The normalized spacial score (nSPS) is 15.6. The van der Waals surface area contributed by atoms with Crippen LogP contribution in [0.1, 0.15) is 39.9 Å². The number of carbonyl (C=O) groups excluding carboxylic acids is 2. The highest BCUT2D eigenvalue weighted by Crippen LogP contribution is 2.31. The molecular weight excluding hydrogens is 537 g/mol. The first-order valence-corrected chi connectivity index (χ1v) is 12.7. The molecule has 1 atom stereocenters. The van der Waals surface area contributed by atoms with Gasteiger partial charge in [-0.15, -0.1) is 0 Å². The topological polar surface area (TPSA) is 107 Å². The number of rotatable bonds is 8. The van der Waals surface area contributed by atoms with E-state index in [1.54, 1.807) is 25.1 Å². The third-order valence-electron chi connectivity index (χ3n) is 6.07. The number of esters is 1. The van der Waals surface area contributed by atoms with Crippen molar-refractivity contribution < 1.29 is 32.2 Å². The summed E-state index contributed by atoms with van der Waals surface area (Å²) in [5, 5.41) is 5.98. The lowest BCUT2D eigenvalue weighted by molar-refractivity contribution is -0.138. The number of aliphatic imine (C=N–C) groups is 1. The van der Waals surface area contributed by atoms with Gasteiger partial charge < -0.3 is 15.2 Å². The zero-order chi connectivity index (χ0) is 29.4. The second-order valence-electron chi connectivity index (χ2n) is 8.87. The van der Waals surface area contributed by atoms with Crippen LogP contribution in [0.25, 0.3) is 0 Å². The SMILES string of the molecule is CCOC(=O)/C=C/COc1ccc(C2=NN(C(N)=NC(=O)c3cccc(C(F)(F)F)c3)CC2c2ccccc2)cc1. The minimum Gasteiger partial charge on any atom is -0.490 e. The van der Waals surface area contributed by atoms with Crippen molar-refractivity contribution in [1.82, 2.24) is 5.01 Å². The number of hydrogen-bond donors (Lipinski definition) is 1. The van der Waals surface area contributed by atoms with Gasteiger partial charge >= 0.3 is 12.1 Å². The molecule has 0 fully saturated rings. The van der Waals surface area contributed by atoms with Crippen LogP contribution in [0, 0.1) is 0 Å². The lowest BCUT2D eigenvalue weighted by atomic mass is 9.90. The fraction of sp³-hybridized carbons (Fsp3) is 0.200. The van der Waals surface area contributed by atoms with Crippen LogP contribution < -0.4 is 10.5 Å². The summed E-state index contributed by atoms with van der Waals surface area (Å²) in [6.45, 7) is 2.45. The molecule has 1 unspecified atom stereocenters. The van der Waals surface area contributed by atoms with Crippen molar-refractivity contribution in [3.63, 3.8) is 0 Å². The first-order valence-electron chi connectivity index (χ1n) is 12.7. The summed E-state index contributed by atoms with van der Waals surface area (Å²) in [6.07, 6.45) is -1.74. The molecule has 3 aromatic carbocycles. The van der Waals surface area contributed by atoms with E-state index < -0.39 is 23.6 Å². The van der Waals surface area contributed by atoms with E-state index in [-0.39, 0.29) is 30.6 Å². The Bertz CT molecular complexity index is 1470. The Morgan fingerprint density at radius 3 is 2.49 bits per heavy atom. The summed E-state index contributed by atoms with van der Waals surface area (Å²) in [5.41, 5.74) is 7.32. The number of halogens is 3. The van der Waals surface area contributed by atoms with Gasteiger partial charge in [0.1, 0.15) is 12.4 Å². The number of hydrazone groups is 1. The fourth-order valence-corrected chi connectivity index (χ4v) is 4.11. The number of amides is 1. The predicted octanol–water partition coefficient (Wildman–Crippen LogP) is 5.16. The minimum atomic E-state index is -4.59. The van der Waals surface area contributed by atoms with Gasteiger partial charge in [-0.05, 0) is 66.6 Å². The number of guanidine groups is 1. The molecule has 1 heterocycles. The highest BCUT2D eigenvalue weighted by Gasteiger charge is 2.32. The van der Waals surface area contributed by atoms with E-state index in [9.17, 15) is 22.8 Å². The van der Waals surface area contributed by atoms with Crippen LogP contribution in [0.5, 0.6) is 5.75 Å². The summed E-state index contributed by atoms with van der Waals surface area (Å²) in [4.78, 5) is 27.9. The standard InChI is InChI=1S/C30H27F3N4O4/c1-2-40-26(38)12-7-17-41-24-15-13-21(14-16-24)27-25(20-8-4-3-5-9-20)19-37(36-27)29(34)35-28(39)22-10-6-11-23(18-22)30(31,32)33/h3-16,18,25H,2,17,19H2,1H3,(H2,34,35,39)/b12-7+. The molecule has 1 aliphatic rings. The van der Waals surface area contributed by atoms with Gasteiger partial charge in [0.15, 0.2) is 0 Å². The number of alkyl halides is 3. The van der Waals surface area contributed by atoms with Gasteiger partial charge in [-0.25, -0.2) is 9.80 Å². The first kappa shape index (κ1) is 29.1. The zero-order valence-electron chi connectivity index (χ0n) is 22.0. The van der Waals surface area contributed by atoms with E-state index in [2.05, 4.69) is 10.1 Å². The Kier molecular flexibility index (Phi) is 9.18. The Hall–Kier alpha value is -4.93. The maximum absolute atomic E-state index is 13.1. The van der Waals surface area contributed by atoms with Gasteiger partial charge in [0.2, 0.25) is 5.96 Å². The number of nitrogens with two attached hydrogens (primary N) is 1. The summed E-state index contributed by atoms with van der Waals surface area (Å²) in [6, 6.07) is 20.7. The maximum Gasteiger partial charge on any atom is 0.416 e. The summed E-state index contributed by atoms with van der Waals surface area (Å²) >= 11 is 0. The van der Waals surface area contributed by atoms with Gasteiger partial charge in [0.25, 0.3) is 5.91 Å². The summed E-state index contributed by atoms with van der Waals surface area (Å²) in [7, 11) is 0. The molecule has 11 heteroatoms. The quantitative estimate of drug-likeness (QED) is 0.175. The van der Waals surface area contributed by atoms with Gasteiger partial charge in [-0.1, -0.05) is 36.4 Å². The van der Waals surface area contributed by atoms with E-state index in [1.165, 1.54) is 17.2 Å². The Labute approximate surface area is 234 Å². The lowest BCUT2D eigenvalue weighted by Gasteiger charge is -2.15. The minimum absolute atomic E-state index is 0.173. The molecule has 3 aromatic rings. The van der Waals surface area contributed by atoms with Crippen LogP contribution in [-0.4, -0.2) is 48.3 Å². The van der Waals surface area contributed by atoms with Crippen molar-refractivity contribution in [1.29, 1.82) is 0 Å². The van der Waals surface area contributed by atoms with E-state index in [0.717, 1.165) is 29.3 Å². The molecule has 0 aromatic heterocycles. The molecule has 212 valence electrons. The number of ether oxygens (including phenoxy) is 2. The smallest absolute Gasteiger partial charge is 0.416 e. The van der Waals surface area contributed by atoms with E-state index in [0.29, 0.717) is 18.1 Å². The second-order valence-corrected chi connectivity index (χ2v) is 8.87. The van der Waals surface area contributed by atoms with Gasteiger partial charge in [-0.3, -0.25) is 4.79 Å². The van der Waals surface area contributed by atoms with Crippen molar-refractivity contribution >= 4 is 23.5 Å². The Morgan fingerprint density at radius 2 is 1.80 bits per heavy atom. The molecule has 1 amide bonds. The third kappa shape index (κ3) is 7.59. The molecule has 0 bridgehead atoms. The van der Waals surface area contributed by atoms with Crippen molar-refractivity contribution in [3.8, 4) is 5.75 Å². The molecule has 2 N–H and O–H groups in total. The van der Waals surface area contributed by atoms with Gasteiger partial charge in [-0.2, -0.15) is 23.3 Å². The number of hydrogen-bond acceptors (Lipinski definition) is 5. The molecule has 0 saturated carbocycles. The Morgan fingerprint density at radius 1 is 1.07 bits per heavy atom. The predicted molar refractivity (Wildman–Crippen MR) is 148 cm³/mol. The number of nitrogens with zero attached hydrogens (tertiary/aromatic N) is 3. The third-order valence-corrected chi connectivity index (χ3v) is 6.07. The van der Waals surface area contributed by atoms with Crippen molar-refractivity contribution in [2.75, 3.05) is 19.8 Å². The second kappa shape index (κ2) is 12.9. The van der Waals surface area contributed by atoms with Crippen molar-refractivity contribution in [3.05, 3.63) is 113 Å². The Balaban J connectivity index is 1.54. The maximum atomic E-state index is 13.1. The molecule has 8 nitrogen and oxygen atoms in total. The number of carbonyl (C=O) groups is 2. The molecule has 0 radical (unpaired) electrons. The molecule has 41 heavy (non-hydrogen) atoms. The lowest BCUT2D eigenvalue weighted by Crippen LogP contribution is -2.33. The molecule has 0 aliphatic carbocycles. The first-order chi connectivity index (χ1) is 19.7. The average molecular weight is 565 g/mol. The fourth-order valence-electron chi connectivity index (χ4n) is 4.11. The largest absolute Gasteiger partial charge is 0.490 e. The van der Waals surface area contributed by atoms with Crippen LogP contribution >= 0.6 is 0 Å². The van der Waals surface area contributed by atoms with Crippen LogP contribution in [0.2, 0.25) is 0 Å². The van der Waals surface area contributed by atoms with Crippen LogP contribution in [0.3, 0.4) is 0 Å². The zero-order valence-corrected chi connectivity index (χ0v) is 22.0. The van der Waals surface area contributed by atoms with Gasteiger partial charge in [0, 0.05) is 17.6 Å². The molecule has 4 rings (SSSR count). The highest BCUT2D eigenvalue weighted by molar-refractivity contribution is 6.08. The van der Waals surface area contributed by atoms with E-state index >= 15 is 0 Å². The summed E-state index contributed by atoms with van der Waals surface area (Å²) < 4.78 is 49.7. The number of benzene rings is 3. The van der Waals surface area contributed by atoms with E-state index in [1.807, 2.05) is 42.5 Å². The molecular formula is C30H27F3N4O4. The van der Waals surface area contributed by atoms with Gasteiger partial charge in [0.05, 0.1) is 24.4 Å². The molecule has 1 aliphatic heterocycles. The monoisotopic (exact) mass is 564 g/mol. The molecule has 0 spiro atoms.